The van der Waals surface area contributed by atoms with E-state index in [4.69, 9.17) is 10.5 Å². The third kappa shape index (κ3) is 3.48. The van der Waals surface area contributed by atoms with Crippen LogP contribution in [0.4, 0.5) is 0 Å². The topological polar surface area (TPSA) is 98.5 Å². The van der Waals surface area contributed by atoms with Gasteiger partial charge >= 0.3 is 0 Å². The first kappa shape index (κ1) is 20.5. The number of hydrogen-bond acceptors (Lipinski definition) is 5. The lowest BCUT2D eigenvalue weighted by Crippen LogP contribution is -2.59. The van der Waals surface area contributed by atoms with E-state index < -0.39 is 26.4 Å². The molecular formula is C15H31NO4S. The number of aliphatic hydroxyl groups is 2. The van der Waals surface area contributed by atoms with E-state index in [9.17, 15) is 13.5 Å². The molecule has 1 atom stereocenters. The fourth-order valence-electron chi connectivity index (χ4n) is 3.31. The maximum Gasteiger partial charge on any atom is 0.167 e. The summed E-state index contributed by atoms with van der Waals surface area (Å²) in [5.74, 6) is -0.770. The van der Waals surface area contributed by atoms with Crippen molar-refractivity contribution in [1.82, 2.24) is 0 Å². The summed E-state index contributed by atoms with van der Waals surface area (Å²) >= 11 is 0. The van der Waals surface area contributed by atoms with Gasteiger partial charge in [-0.1, -0.05) is 41.5 Å². The lowest BCUT2D eigenvalue weighted by atomic mass is 9.77. The molecule has 0 saturated heterocycles. The van der Waals surface area contributed by atoms with Crippen molar-refractivity contribution < 1.29 is 18.6 Å². The zero-order valence-electron chi connectivity index (χ0n) is 14.0. The van der Waals surface area contributed by atoms with Crippen molar-refractivity contribution in [3.05, 3.63) is 0 Å². The summed E-state index contributed by atoms with van der Waals surface area (Å²) in [6.45, 7) is 10.0. The van der Waals surface area contributed by atoms with Crippen molar-refractivity contribution in [3.63, 3.8) is 0 Å². The van der Waals surface area contributed by atoms with Crippen molar-refractivity contribution in [3.8, 4) is 0 Å². The van der Waals surface area contributed by atoms with Crippen LogP contribution in [0.15, 0.2) is 0 Å². The van der Waals surface area contributed by atoms with Crippen LogP contribution < -0.4 is 0 Å². The van der Waals surface area contributed by atoms with Gasteiger partial charge in [0, 0.05) is 12.3 Å². The van der Waals surface area contributed by atoms with Gasteiger partial charge in [-0.2, -0.15) is 0 Å². The van der Waals surface area contributed by atoms with Gasteiger partial charge in [0.1, 0.15) is 4.75 Å². The average Bonchev–Trinajstić information content (AvgIpc) is 2.34. The minimum Gasteiger partial charge on any atom is -0.396 e. The highest BCUT2D eigenvalue weighted by Gasteiger charge is 2.55. The van der Waals surface area contributed by atoms with Crippen LogP contribution in [-0.2, 0) is 9.84 Å². The number of rotatable bonds is 9. The Balaban J connectivity index is 6.31. The van der Waals surface area contributed by atoms with Crippen molar-refractivity contribution in [2.75, 3.05) is 13.2 Å². The molecule has 1 unspecified atom stereocenters. The molecule has 0 radical (unpaired) electrons. The minimum atomic E-state index is -3.81. The Morgan fingerprint density at radius 1 is 1.05 bits per heavy atom. The zero-order valence-corrected chi connectivity index (χ0v) is 14.9. The molecule has 0 aromatic heterocycles. The average molecular weight is 321 g/mol. The summed E-state index contributed by atoms with van der Waals surface area (Å²) in [6.07, 6.45) is -0.00853. The summed E-state index contributed by atoms with van der Waals surface area (Å²) in [5, 5.41) is 26.0. The third-order valence-electron chi connectivity index (χ3n) is 4.28. The van der Waals surface area contributed by atoms with E-state index in [2.05, 4.69) is 0 Å². The first-order chi connectivity index (χ1) is 9.51. The molecule has 0 amide bonds. The van der Waals surface area contributed by atoms with Crippen molar-refractivity contribution >= 4 is 15.5 Å². The molecule has 6 heteroatoms. The van der Waals surface area contributed by atoms with E-state index in [0.717, 1.165) is 0 Å². The van der Waals surface area contributed by atoms with Crippen LogP contribution in [0.5, 0.6) is 0 Å². The van der Waals surface area contributed by atoms with Gasteiger partial charge in [0.15, 0.2) is 9.84 Å². The molecule has 0 saturated carbocycles. The van der Waals surface area contributed by atoms with Crippen LogP contribution in [0.3, 0.4) is 0 Å². The van der Waals surface area contributed by atoms with Crippen LogP contribution >= 0.6 is 0 Å². The normalized spacial score (nSPS) is 15.0. The van der Waals surface area contributed by atoms with E-state index in [1.54, 1.807) is 0 Å². The van der Waals surface area contributed by atoms with E-state index in [-0.39, 0.29) is 36.5 Å². The number of hydrogen-bond donors (Lipinski definition) is 3. The Bertz CT molecular complexity index is 433. The second-order valence-electron chi connectivity index (χ2n) is 6.53. The lowest BCUT2D eigenvalue weighted by molar-refractivity contribution is 0.240. The Hall–Kier alpha value is -0.460. The van der Waals surface area contributed by atoms with Crippen LogP contribution in [0.2, 0.25) is 0 Å². The van der Waals surface area contributed by atoms with Gasteiger partial charge in [0.25, 0.3) is 0 Å². The SMILES string of the molecule is CC(C)C(=N)C(C(C)C)(C(C)C)S(=O)(=O)C(CO)CCO. The van der Waals surface area contributed by atoms with Gasteiger partial charge in [-0.15, -0.1) is 0 Å². The van der Waals surface area contributed by atoms with Crippen LogP contribution in [0.25, 0.3) is 0 Å². The predicted octanol–water partition coefficient (Wildman–Crippen LogP) is 1.87. The first-order valence-electron chi connectivity index (χ1n) is 7.55. The van der Waals surface area contributed by atoms with E-state index in [1.165, 1.54) is 0 Å². The second kappa shape index (κ2) is 7.70. The number of nitrogens with one attached hydrogen (secondary N) is 1. The molecule has 0 fully saturated rings. The second-order valence-corrected chi connectivity index (χ2v) is 8.96. The number of sulfone groups is 1. The van der Waals surface area contributed by atoms with Crippen LogP contribution in [-0.4, -0.2) is 47.6 Å². The van der Waals surface area contributed by atoms with Gasteiger partial charge in [-0.05, 0) is 24.2 Å². The number of aliphatic hydroxyl groups excluding tert-OH is 2. The standard InChI is InChI=1S/C15H31NO4S/c1-10(2)14(16)15(11(3)4,12(5)6)21(19,20)13(9-18)7-8-17/h10-13,16-18H,7-9H2,1-6H3. The van der Waals surface area contributed by atoms with Gasteiger partial charge in [-0.25, -0.2) is 8.42 Å². The highest BCUT2D eigenvalue weighted by molar-refractivity contribution is 7.94. The van der Waals surface area contributed by atoms with Crippen molar-refractivity contribution in [2.45, 2.75) is 58.0 Å². The smallest absolute Gasteiger partial charge is 0.167 e. The molecule has 0 aliphatic rings. The Morgan fingerprint density at radius 2 is 1.48 bits per heavy atom. The third-order valence-corrected chi connectivity index (χ3v) is 7.64. The van der Waals surface area contributed by atoms with Gasteiger partial charge in [0.05, 0.1) is 11.9 Å². The fourth-order valence-corrected chi connectivity index (χ4v) is 6.33. The van der Waals surface area contributed by atoms with Crippen LogP contribution in [0.1, 0.15) is 48.0 Å². The molecule has 0 bridgehead atoms. The van der Waals surface area contributed by atoms with Gasteiger partial charge < -0.3 is 15.6 Å². The maximum absolute atomic E-state index is 13.2. The molecule has 0 aliphatic heterocycles. The highest BCUT2D eigenvalue weighted by atomic mass is 32.2. The molecule has 126 valence electrons. The minimum absolute atomic E-state index is 0.00853. The zero-order chi connectivity index (χ0) is 17.0. The summed E-state index contributed by atoms with van der Waals surface area (Å²) in [5.41, 5.74) is 0.184. The van der Waals surface area contributed by atoms with Crippen molar-refractivity contribution in [2.24, 2.45) is 17.8 Å². The van der Waals surface area contributed by atoms with Crippen LogP contribution in [0, 0.1) is 23.2 Å². The monoisotopic (exact) mass is 321 g/mol. The quantitative estimate of drug-likeness (QED) is 0.565. The fraction of sp³-hybridized carbons (Fsp3) is 0.933. The molecule has 21 heavy (non-hydrogen) atoms. The molecular weight excluding hydrogens is 290 g/mol. The Kier molecular flexibility index (Phi) is 7.53. The summed E-state index contributed by atoms with van der Waals surface area (Å²) in [7, 11) is -3.81. The Morgan fingerprint density at radius 3 is 1.71 bits per heavy atom. The largest absolute Gasteiger partial charge is 0.396 e. The van der Waals surface area contributed by atoms with E-state index >= 15 is 0 Å². The molecule has 0 heterocycles. The Labute approximate surface area is 129 Å². The molecule has 0 aliphatic carbocycles. The molecule has 0 rings (SSSR count). The van der Waals surface area contributed by atoms with Crippen molar-refractivity contribution in [1.29, 1.82) is 5.41 Å². The predicted molar refractivity (Wildman–Crippen MR) is 86.5 cm³/mol. The van der Waals surface area contributed by atoms with Gasteiger partial charge in [0.2, 0.25) is 0 Å². The first-order valence-corrected chi connectivity index (χ1v) is 9.10. The molecule has 5 nitrogen and oxygen atoms in total. The molecule has 0 spiro atoms. The molecule has 0 aromatic rings. The molecule has 0 aromatic carbocycles. The highest BCUT2D eigenvalue weighted by Crippen LogP contribution is 2.40. The maximum atomic E-state index is 13.2. The summed E-state index contributed by atoms with van der Waals surface area (Å²) in [6, 6.07) is 0. The van der Waals surface area contributed by atoms with E-state index in [1.807, 2.05) is 41.5 Å². The van der Waals surface area contributed by atoms with E-state index in [0.29, 0.717) is 0 Å². The van der Waals surface area contributed by atoms with Gasteiger partial charge in [-0.3, -0.25) is 0 Å². The molecule has 3 N–H and O–H groups in total. The lowest BCUT2D eigenvalue weighted by Gasteiger charge is -2.44. The summed E-state index contributed by atoms with van der Waals surface area (Å²) in [4.78, 5) is 0. The summed E-state index contributed by atoms with van der Waals surface area (Å²) < 4.78 is 25.1.